The van der Waals surface area contributed by atoms with Gasteiger partial charge < -0.3 is 5.11 Å². The van der Waals surface area contributed by atoms with E-state index in [4.69, 9.17) is 0 Å². The summed E-state index contributed by atoms with van der Waals surface area (Å²) in [5, 5.41) is 12.3. The molecule has 1 heterocycles. The van der Waals surface area contributed by atoms with Crippen molar-refractivity contribution in [1.82, 2.24) is 4.98 Å². The van der Waals surface area contributed by atoms with Crippen molar-refractivity contribution < 1.29 is 13.9 Å². The molecule has 0 aliphatic carbocycles. The van der Waals surface area contributed by atoms with Crippen LogP contribution in [0.1, 0.15) is 37.5 Å². The number of alkyl halides is 2. The minimum Gasteiger partial charge on any atom is -0.382 e. The molecule has 0 radical (unpaired) electrons. The molecule has 0 saturated heterocycles. The number of halogens is 2. The molecule has 1 aromatic heterocycles. The Kier molecular flexibility index (Phi) is 5.37. The van der Waals surface area contributed by atoms with Gasteiger partial charge in [0.1, 0.15) is 11.1 Å². The number of aromatic nitrogens is 1. The first-order valence-corrected chi connectivity index (χ1v) is 7.86. The highest BCUT2D eigenvalue weighted by Crippen LogP contribution is 2.36. The average molecular weight is 324 g/mol. The van der Waals surface area contributed by atoms with Crippen molar-refractivity contribution in [2.45, 2.75) is 39.7 Å². The van der Waals surface area contributed by atoms with Crippen molar-refractivity contribution >= 4 is 22.7 Å². The average Bonchev–Trinajstić information content (AvgIpc) is 3.02. The predicted molar refractivity (Wildman–Crippen MR) is 86.3 cm³/mol. The molecule has 1 N–H and O–H groups in total. The van der Waals surface area contributed by atoms with Gasteiger partial charge in [-0.15, -0.1) is 11.3 Å². The zero-order valence-corrected chi connectivity index (χ0v) is 13.5. The lowest BCUT2D eigenvalue weighted by molar-refractivity contribution is -0.00573. The van der Waals surface area contributed by atoms with Crippen LogP contribution in [0.2, 0.25) is 0 Å². The van der Waals surface area contributed by atoms with Gasteiger partial charge >= 0.3 is 0 Å². The third kappa shape index (κ3) is 3.56. The largest absolute Gasteiger partial charge is 0.382 e. The number of aliphatic hydroxyl groups is 1. The molecule has 0 saturated carbocycles. The number of hydrogen-bond acceptors (Lipinski definition) is 4. The summed E-state index contributed by atoms with van der Waals surface area (Å²) in [6.45, 7) is 5.75. The Morgan fingerprint density at radius 1 is 1.41 bits per heavy atom. The van der Waals surface area contributed by atoms with E-state index in [-0.39, 0.29) is 5.56 Å². The van der Waals surface area contributed by atoms with Crippen molar-refractivity contribution in [3.05, 3.63) is 34.8 Å². The van der Waals surface area contributed by atoms with Gasteiger partial charge in [0.05, 0.1) is 5.69 Å². The Balaban J connectivity index is 2.63. The number of benzene rings is 1. The topological polar surface area (TPSA) is 45.5 Å². The lowest BCUT2D eigenvalue weighted by Crippen LogP contribution is -2.08. The van der Waals surface area contributed by atoms with Crippen molar-refractivity contribution in [2.75, 3.05) is 0 Å². The van der Waals surface area contributed by atoms with E-state index in [1.807, 2.05) is 26.2 Å². The van der Waals surface area contributed by atoms with Crippen LogP contribution >= 0.6 is 11.3 Å². The van der Waals surface area contributed by atoms with Gasteiger partial charge in [0.15, 0.2) is 0 Å². The smallest absolute Gasteiger partial charge is 0.268 e. The first kappa shape index (κ1) is 16.7. The monoisotopic (exact) mass is 324 g/mol. The molecule has 2 aromatic rings. The molecule has 0 spiro atoms. The summed E-state index contributed by atoms with van der Waals surface area (Å²) in [7, 11) is 0. The lowest BCUT2D eigenvalue weighted by atomic mass is 10.00. The van der Waals surface area contributed by atoms with E-state index in [0.717, 1.165) is 28.3 Å². The number of thiazole rings is 1. The normalized spacial score (nSPS) is 13.7. The highest BCUT2D eigenvalue weighted by molar-refractivity contribution is 7.13. The summed E-state index contributed by atoms with van der Waals surface area (Å²) in [5.74, 6) is 0. The summed E-state index contributed by atoms with van der Waals surface area (Å²) in [4.78, 5) is 8.72. The Morgan fingerprint density at radius 2 is 2.14 bits per heavy atom. The summed E-state index contributed by atoms with van der Waals surface area (Å²) in [6, 6.07) is 3.10. The zero-order chi connectivity index (χ0) is 16.3. The molecule has 0 aliphatic rings. The van der Waals surface area contributed by atoms with Crippen LogP contribution in [-0.2, 0) is 0 Å². The number of nitrogens with zero attached hydrogens (tertiary/aromatic N) is 2. The highest BCUT2D eigenvalue weighted by atomic mass is 32.1. The van der Waals surface area contributed by atoms with Gasteiger partial charge in [0, 0.05) is 22.9 Å². The van der Waals surface area contributed by atoms with Crippen LogP contribution in [0.25, 0.3) is 10.6 Å². The molecule has 118 valence electrons. The van der Waals surface area contributed by atoms with Crippen molar-refractivity contribution in [3.8, 4) is 10.6 Å². The molecule has 22 heavy (non-hydrogen) atoms. The van der Waals surface area contributed by atoms with Gasteiger partial charge in [-0.25, -0.2) is 13.8 Å². The standard InChI is InChI=1S/C16H18F2N2OS/c1-4-9(2)20-13-8-11(14(21)15(17)18)7-12(10(13)3)16-19-5-6-22-16/h5-8,14-15,21H,4H2,1-3H3/b20-9-. The van der Waals surface area contributed by atoms with E-state index in [1.165, 1.54) is 17.4 Å². The van der Waals surface area contributed by atoms with Crippen LogP contribution in [0.5, 0.6) is 0 Å². The summed E-state index contributed by atoms with van der Waals surface area (Å²) >= 11 is 1.42. The molecule has 1 atom stereocenters. The lowest BCUT2D eigenvalue weighted by Gasteiger charge is -2.15. The van der Waals surface area contributed by atoms with Gasteiger partial charge in [-0.05, 0) is 43.5 Å². The summed E-state index contributed by atoms with van der Waals surface area (Å²) < 4.78 is 25.7. The van der Waals surface area contributed by atoms with Crippen molar-refractivity contribution in [2.24, 2.45) is 4.99 Å². The fraction of sp³-hybridized carbons (Fsp3) is 0.375. The zero-order valence-electron chi connectivity index (χ0n) is 12.7. The third-order valence-electron chi connectivity index (χ3n) is 3.47. The second kappa shape index (κ2) is 7.07. The maximum absolute atomic E-state index is 12.9. The molecule has 3 nitrogen and oxygen atoms in total. The maximum Gasteiger partial charge on any atom is 0.268 e. The Labute approximate surface area is 132 Å². The summed E-state index contributed by atoms with van der Waals surface area (Å²) in [6.07, 6.45) is -2.23. The van der Waals surface area contributed by atoms with Gasteiger partial charge in [-0.2, -0.15) is 0 Å². The van der Waals surface area contributed by atoms with Crippen LogP contribution in [0.3, 0.4) is 0 Å². The minimum atomic E-state index is -2.84. The molecular formula is C16H18F2N2OS. The quantitative estimate of drug-likeness (QED) is 0.794. The number of aliphatic hydroxyl groups excluding tert-OH is 1. The SMILES string of the molecule is CC/C(C)=N\c1cc(C(O)C(F)F)cc(-c2nccs2)c1C. The van der Waals surface area contributed by atoms with E-state index in [2.05, 4.69) is 9.98 Å². The van der Waals surface area contributed by atoms with Crippen LogP contribution in [-0.4, -0.2) is 22.2 Å². The molecule has 0 aliphatic heterocycles. The van der Waals surface area contributed by atoms with Crippen LogP contribution in [0.4, 0.5) is 14.5 Å². The highest BCUT2D eigenvalue weighted by Gasteiger charge is 2.22. The van der Waals surface area contributed by atoms with Crippen LogP contribution in [0, 0.1) is 6.92 Å². The van der Waals surface area contributed by atoms with Crippen LogP contribution < -0.4 is 0 Å². The molecular weight excluding hydrogens is 306 g/mol. The Hall–Kier alpha value is -1.66. The van der Waals surface area contributed by atoms with Crippen LogP contribution in [0.15, 0.2) is 28.7 Å². The Morgan fingerprint density at radius 3 is 2.68 bits per heavy atom. The van der Waals surface area contributed by atoms with E-state index < -0.39 is 12.5 Å². The first-order chi connectivity index (χ1) is 10.4. The molecule has 1 unspecified atom stereocenters. The summed E-state index contributed by atoms with van der Waals surface area (Å²) in [5.41, 5.74) is 3.26. The van der Waals surface area contributed by atoms with E-state index >= 15 is 0 Å². The minimum absolute atomic E-state index is 0.161. The molecule has 0 fully saturated rings. The van der Waals surface area contributed by atoms with Gasteiger partial charge in [-0.3, -0.25) is 4.99 Å². The second-order valence-electron chi connectivity index (χ2n) is 5.03. The molecule has 6 heteroatoms. The molecule has 1 aromatic carbocycles. The number of rotatable bonds is 5. The van der Waals surface area contributed by atoms with E-state index in [9.17, 15) is 13.9 Å². The number of hydrogen-bond donors (Lipinski definition) is 1. The molecule has 2 rings (SSSR count). The molecule has 0 amide bonds. The second-order valence-corrected chi connectivity index (χ2v) is 5.92. The number of aliphatic imine (C=N–C) groups is 1. The third-order valence-corrected chi connectivity index (χ3v) is 4.27. The fourth-order valence-corrected chi connectivity index (χ4v) is 2.73. The fourth-order valence-electron chi connectivity index (χ4n) is 2.02. The van der Waals surface area contributed by atoms with Gasteiger partial charge in [0.2, 0.25) is 0 Å². The van der Waals surface area contributed by atoms with E-state index in [1.54, 1.807) is 12.3 Å². The Bertz CT molecular complexity index is 669. The molecule has 0 bridgehead atoms. The van der Waals surface area contributed by atoms with Gasteiger partial charge in [0.25, 0.3) is 6.43 Å². The first-order valence-electron chi connectivity index (χ1n) is 6.98. The maximum atomic E-state index is 12.9. The van der Waals surface area contributed by atoms with E-state index in [0.29, 0.717) is 5.69 Å². The predicted octanol–water partition coefficient (Wildman–Crippen LogP) is 4.92. The van der Waals surface area contributed by atoms with Crippen molar-refractivity contribution in [1.29, 1.82) is 0 Å². The van der Waals surface area contributed by atoms with Crippen molar-refractivity contribution in [3.63, 3.8) is 0 Å². The van der Waals surface area contributed by atoms with Gasteiger partial charge in [-0.1, -0.05) is 6.92 Å².